The summed E-state index contributed by atoms with van der Waals surface area (Å²) in [5.74, 6) is 0.914. The number of aldehydes is 1. The Morgan fingerprint density at radius 3 is 2.72 bits per heavy atom. The summed E-state index contributed by atoms with van der Waals surface area (Å²) in [4.78, 5) is 10.9. The Morgan fingerprint density at radius 2 is 2.11 bits per heavy atom. The van der Waals surface area contributed by atoms with Crippen LogP contribution in [0.5, 0.6) is 5.75 Å². The fourth-order valence-corrected chi connectivity index (χ4v) is 1.99. The van der Waals surface area contributed by atoms with Gasteiger partial charge in [-0.2, -0.15) is 0 Å². The highest BCUT2D eigenvalue weighted by Crippen LogP contribution is 2.26. The minimum absolute atomic E-state index is 0.699. The fourth-order valence-electron chi connectivity index (χ4n) is 1.99. The molecule has 0 heterocycles. The zero-order valence-electron chi connectivity index (χ0n) is 11.4. The van der Waals surface area contributed by atoms with Gasteiger partial charge in [0.05, 0.1) is 6.61 Å². The highest BCUT2D eigenvalue weighted by molar-refractivity contribution is 5.76. The second-order valence-electron chi connectivity index (χ2n) is 4.49. The number of carbonyl (C=O) groups excluding carboxylic acids is 1. The molecule has 1 rings (SSSR count). The lowest BCUT2D eigenvalue weighted by atomic mass is 10.0. The summed E-state index contributed by atoms with van der Waals surface area (Å²) in [6.45, 7) is 8.64. The molecular formula is C16H22O2. The zero-order chi connectivity index (χ0) is 13.4. The third kappa shape index (κ3) is 4.02. The Morgan fingerprint density at radius 1 is 1.33 bits per heavy atom. The normalized spacial score (nSPS) is 10.1. The van der Waals surface area contributed by atoms with Crippen LogP contribution in [0.2, 0.25) is 0 Å². The lowest BCUT2D eigenvalue weighted by molar-refractivity contribution is 0.112. The van der Waals surface area contributed by atoms with E-state index in [1.807, 2.05) is 25.1 Å². The van der Waals surface area contributed by atoms with E-state index in [1.54, 1.807) is 0 Å². The minimum Gasteiger partial charge on any atom is -0.493 e. The van der Waals surface area contributed by atoms with Crippen molar-refractivity contribution < 1.29 is 9.53 Å². The first-order chi connectivity index (χ1) is 8.72. The molecule has 0 fully saturated rings. The zero-order valence-corrected chi connectivity index (χ0v) is 11.4. The van der Waals surface area contributed by atoms with Gasteiger partial charge in [0.1, 0.15) is 12.0 Å². The van der Waals surface area contributed by atoms with Crippen LogP contribution in [0.25, 0.3) is 0 Å². The standard InChI is InChI=1S/C16H22O2/c1-4-6-7-9-18-16-13(3)10-14(12-17)11-15(16)8-5-2/h5,10-12H,2,4,6-9H2,1,3H3. The van der Waals surface area contributed by atoms with Gasteiger partial charge in [0.15, 0.2) is 0 Å². The first-order valence-corrected chi connectivity index (χ1v) is 6.55. The molecule has 0 aromatic heterocycles. The molecular weight excluding hydrogens is 224 g/mol. The second kappa shape index (κ2) is 7.70. The Balaban J connectivity index is 2.86. The van der Waals surface area contributed by atoms with Gasteiger partial charge in [-0.3, -0.25) is 4.79 Å². The predicted octanol–water partition coefficient (Wildman–Crippen LogP) is 4.11. The molecule has 0 N–H and O–H groups in total. The van der Waals surface area contributed by atoms with Gasteiger partial charge in [-0.1, -0.05) is 25.8 Å². The number of aryl methyl sites for hydroxylation is 1. The molecule has 1 aromatic rings. The molecule has 0 aliphatic carbocycles. The molecule has 0 unspecified atom stereocenters. The van der Waals surface area contributed by atoms with Crippen molar-refractivity contribution in [1.29, 1.82) is 0 Å². The molecule has 0 aliphatic heterocycles. The van der Waals surface area contributed by atoms with E-state index in [0.29, 0.717) is 5.56 Å². The molecule has 0 radical (unpaired) electrons. The fraction of sp³-hybridized carbons (Fsp3) is 0.438. The number of hydrogen-bond donors (Lipinski definition) is 0. The quantitative estimate of drug-likeness (QED) is 0.392. The van der Waals surface area contributed by atoms with E-state index in [9.17, 15) is 4.79 Å². The van der Waals surface area contributed by atoms with Crippen molar-refractivity contribution in [2.75, 3.05) is 6.61 Å². The van der Waals surface area contributed by atoms with Crippen LogP contribution in [-0.2, 0) is 6.42 Å². The smallest absolute Gasteiger partial charge is 0.150 e. The minimum atomic E-state index is 0.699. The first kappa shape index (κ1) is 14.5. The van der Waals surface area contributed by atoms with E-state index >= 15 is 0 Å². The number of rotatable bonds is 8. The summed E-state index contributed by atoms with van der Waals surface area (Å²) in [6, 6.07) is 3.76. The van der Waals surface area contributed by atoms with Crippen LogP contribution < -0.4 is 4.74 Å². The van der Waals surface area contributed by atoms with E-state index in [4.69, 9.17) is 4.74 Å². The van der Waals surface area contributed by atoms with E-state index in [2.05, 4.69) is 13.5 Å². The lowest BCUT2D eigenvalue weighted by Gasteiger charge is -2.14. The predicted molar refractivity (Wildman–Crippen MR) is 75.5 cm³/mol. The first-order valence-electron chi connectivity index (χ1n) is 6.55. The molecule has 18 heavy (non-hydrogen) atoms. The molecule has 0 aliphatic rings. The van der Waals surface area contributed by atoms with Gasteiger partial charge < -0.3 is 4.74 Å². The van der Waals surface area contributed by atoms with Gasteiger partial charge in [0.25, 0.3) is 0 Å². The maximum absolute atomic E-state index is 10.9. The Bertz CT molecular complexity index is 408. The number of hydrogen-bond acceptors (Lipinski definition) is 2. The number of ether oxygens (including phenoxy) is 1. The number of unbranched alkanes of at least 4 members (excludes halogenated alkanes) is 2. The summed E-state index contributed by atoms with van der Waals surface area (Å²) >= 11 is 0. The topological polar surface area (TPSA) is 26.3 Å². The number of carbonyl (C=O) groups is 1. The molecule has 98 valence electrons. The van der Waals surface area contributed by atoms with E-state index in [-0.39, 0.29) is 0 Å². The van der Waals surface area contributed by atoms with Gasteiger partial charge in [-0.05, 0) is 43.0 Å². The Labute approximate surface area is 110 Å². The van der Waals surface area contributed by atoms with Crippen molar-refractivity contribution in [2.45, 2.75) is 39.5 Å². The maximum Gasteiger partial charge on any atom is 0.150 e. The highest BCUT2D eigenvalue weighted by atomic mass is 16.5. The summed E-state index contributed by atoms with van der Waals surface area (Å²) in [5, 5.41) is 0. The van der Waals surface area contributed by atoms with Crippen LogP contribution >= 0.6 is 0 Å². The SMILES string of the molecule is C=CCc1cc(C=O)cc(C)c1OCCCCC. The Hall–Kier alpha value is -1.57. The van der Waals surface area contributed by atoms with E-state index in [0.717, 1.165) is 42.6 Å². The number of benzene rings is 1. The largest absolute Gasteiger partial charge is 0.493 e. The summed E-state index contributed by atoms with van der Waals surface area (Å²) in [7, 11) is 0. The third-order valence-corrected chi connectivity index (χ3v) is 2.87. The van der Waals surface area contributed by atoms with Crippen LogP contribution in [0.3, 0.4) is 0 Å². The Kier molecular flexibility index (Phi) is 6.20. The van der Waals surface area contributed by atoms with Crippen LogP contribution in [0.4, 0.5) is 0 Å². The van der Waals surface area contributed by atoms with Crippen LogP contribution in [0.15, 0.2) is 24.8 Å². The average molecular weight is 246 g/mol. The van der Waals surface area contributed by atoms with Gasteiger partial charge in [0.2, 0.25) is 0 Å². The molecule has 0 atom stereocenters. The van der Waals surface area contributed by atoms with Crippen LogP contribution in [-0.4, -0.2) is 12.9 Å². The van der Waals surface area contributed by atoms with Crippen molar-refractivity contribution in [1.82, 2.24) is 0 Å². The molecule has 0 bridgehead atoms. The number of allylic oxidation sites excluding steroid dienone is 1. The second-order valence-corrected chi connectivity index (χ2v) is 4.49. The van der Waals surface area contributed by atoms with Gasteiger partial charge >= 0.3 is 0 Å². The van der Waals surface area contributed by atoms with Gasteiger partial charge in [0, 0.05) is 5.56 Å². The average Bonchev–Trinajstić information content (AvgIpc) is 2.37. The van der Waals surface area contributed by atoms with Crippen molar-refractivity contribution in [3.8, 4) is 5.75 Å². The monoisotopic (exact) mass is 246 g/mol. The summed E-state index contributed by atoms with van der Waals surface area (Å²) in [5.41, 5.74) is 2.77. The van der Waals surface area contributed by atoms with Crippen molar-refractivity contribution in [3.63, 3.8) is 0 Å². The summed E-state index contributed by atoms with van der Waals surface area (Å²) < 4.78 is 5.86. The molecule has 0 spiro atoms. The van der Waals surface area contributed by atoms with Crippen LogP contribution in [0, 0.1) is 6.92 Å². The van der Waals surface area contributed by atoms with Crippen molar-refractivity contribution >= 4 is 6.29 Å². The molecule has 2 heteroatoms. The lowest BCUT2D eigenvalue weighted by Crippen LogP contribution is -2.03. The molecule has 0 amide bonds. The van der Waals surface area contributed by atoms with Gasteiger partial charge in [-0.25, -0.2) is 0 Å². The van der Waals surface area contributed by atoms with Crippen molar-refractivity contribution in [2.24, 2.45) is 0 Å². The third-order valence-electron chi connectivity index (χ3n) is 2.87. The highest BCUT2D eigenvalue weighted by Gasteiger charge is 2.08. The molecule has 0 saturated heterocycles. The molecule has 0 saturated carbocycles. The van der Waals surface area contributed by atoms with Crippen LogP contribution in [0.1, 0.15) is 47.7 Å². The summed E-state index contributed by atoms with van der Waals surface area (Å²) in [6.07, 6.45) is 6.88. The molecule has 2 nitrogen and oxygen atoms in total. The van der Waals surface area contributed by atoms with E-state index < -0.39 is 0 Å². The molecule has 1 aromatic carbocycles. The maximum atomic E-state index is 10.9. The van der Waals surface area contributed by atoms with E-state index in [1.165, 1.54) is 12.8 Å². The van der Waals surface area contributed by atoms with Crippen molar-refractivity contribution in [3.05, 3.63) is 41.5 Å². The van der Waals surface area contributed by atoms with Gasteiger partial charge in [-0.15, -0.1) is 6.58 Å².